The Balaban J connectivity index is 2.98. The van der Waals surface area contributed by atoms with Crippen LogP contribution in [0.15, 0.2) is 16.6 Å². The van der Waals surface area contributed by atoms with Crippen molar-refractivity contribution >= 4 is 32.5 Å². The molecule has 2 aromatic rings. The van der Waals surface area contributed by atoms with Crippen LogP contribution in [-0.4, -0.2) is 4.98 Å². The quantitative estimate of drug-likeness (QED) is 0.800. The van der Waals surface area contributed by atoms with E-state index in [1.807, 2.05) is 0 Å². The number of hydrogen-bond donors (Lipinski definition) is 1. The lowest BCUT2D eigenvalue weighted by molar-refractivity contribution is 0.515. The molecule has 0 aliphatic carbocycles. The SMILES string of the molecule is Cc1nc2c(F)c(F)ccc2c(N)c1Br. The van der Waals surface area contributed by atoms with Gasteiger partial charge in [-0.2, -0.15) is 0 Å². The number of fused-ring (bicyclic) bond motifs is 1. The zero-order valence-corrected chi connectivity index (χ0v) is 9.40. The Morgan fingerprint density at radius 3 is 2.67 bits per heavy atom. The topological polar surface area (TPSA) is 38.9 Å². The molecule has 15 heavy (non-hydrogen) atoms. The molecule has 0 aliphatic rings. The maximum atomic E-state index is 13.4. The molecule has 0 spiro atoms. The highest BCUT2D eigenvalue weighted by atomic mass is 79.9. The molecule has 0 saturated carbocycles. The number of nitrogens with zero attached hydrogens (tertiary/aromatic N) is 1. The van der Waals surface area contributed by atoms with Crippen LogP contribution in [0, 0.1) is 18.6 Å². The van der Waals surface area contributed by atoms with Crippen molar-refractivity contribution < 1.29 is 8.78 Å². The van der Waals surface area contributed by atoms with Crippen LogP contribution < -0.4 is 5.73 Å². The van der Waals surface area contributed by atoms with E-state index in [-0.39, 0.29) is 5.52 Å². The van der Waals surface area contributed by atoms with Gasteiger partial charge in [-0.15, -0.1) is 0 Å². The molecule has 0 saturated heterocycles. The fourth-order valence-corrected chi connectivity index (χ4v) is 1.70. The van der Waals surface area contributed by atoms with E-state index in [1.54, 1.807) is 6.92 Å². The van der Waals surface area contributed by atoms with Crippen LogP contribution in [0.5, 0.6) is 0 Å². The molecule has 0 unspecified atom stereocenters. The number of aromatic nitrogens is 1. The van der Waals surface area contributed by atoms with Gasteiger partial charge in [0.1, 0.15) is 5.52 Å². The van der Waals surface area contributed by atoms with Gasteiger partial charge in [0.25, 0.3) is 0 Å². The lowest BCUT2D eigenvalue weighted by Crippen LogP contribution is -1.98. The molecule has 0 amide bonds. The van der Waals surface area contributed by atoms with E-state index in [2.05, 4.69) is 20.9 Å². The second kappa shape index (κ2) is 3.41. The van der Waals surface area contributed by atoms with Gasteiger partial charge in [-0.3, -0.25) is 0 Å². The molecule has 5 heteroatoms. The molecule has 0 fully saturated rings. The van der Waals surface area contributed by atoms with Crippen molar-refractivity contribution in [1.82, 2.24) is 4.98 Å². The molecule has 0 bridgehead atoms. The Labute approximate surface area is 93.2 Å². The van der Waals surface area contributed by atoms with Crippen LogP contribution >= 0.6 is 15.9 Å². The minimum atomic E-state index is -0.963. The third kappa shape index (κ3) is 1.47. The van der Waals surface area contributed by atoms with E-state index >= 15 is 0 Å². The average Bonchev–Trinajstić information content (AvgIpc) is 2.21. The second-order valence-corrected chi connectivity index (χ2v) is 3.98. The molecule has 0 aliphatic heterocycles. The number of nitrogen functional groups attached to an aromatic ring is 1. The van der Waals surface area contributed by atoms with Crippen molar-refractivity contribution in [3.8, 4) is 0 Å². The zero-order valence-electron chi connectivity index (χ0n) is 7.81. The largest absolute Gasteiger partial charge is 0.397 e. The Hall–Kier alpha value is -1.23. The molecule has 1 aromatic heterocycles. The number of pyridine rings is 1. The van der Waals surface area contributed by atoms with Gasteiger partial charge in [0.2, 0.25) is 0 Å². The van der Waals surface area contributed by atoms with E-state index in [4.69, 9.17) is 5.73 Å². The van der Waals surface area contributed by atoms with E-state index in [0.717, 1.165) is 6.07 Å². The lowest BCUT2D eigenvalue weighted by atomic mass is 10.1. The standard InChI is InChI=1S/C10H7BrF2N2/c1-4-7(11)9(14)5-2-3-6(12)8(13)10(5)15-4/h2-3H,1H3,(H2,14,15). The van der Waals surface area contributed by atoms with Gasteiger partial charge in [-0.05, 0) is 35.0 Å². The Morgan fingerprint density at radius 1 is 1.33 bits per heavy atom. The van der Waals surface area contributed by atoms with E-state index in [9.17, 15) is 8.78 Å². The molecule has 0 radical (unpaired) electrons. The highest BCUT2D eigenvalue weighted by Gasteiger charge is 2.13. The van der Waals surface area contributed by atoms with Gasteiger partial charge < -0.3 is 5.73 Å². The summed E-state index contributed by atoms with van der Waals surface area (Å²) in [4.78, 5) is 3.95. The summed E-state index contributed by atoms with van der Waals surface area (Å²) in [6.07, 6.45) is 0. The summed E-state index contributed by atoms with van der Waals surface area (Å²) in [7, 11) is 0. The molecule has 1 aromatic carbocycles. The monoisotopic (exact) mass is 272 g/mol. The Bertz CT molecular complexity index is 555. The zero-order chi connectivity index (χ0) is 11.2. The van der Waals surface area contributed by atoms with Crippen molar-refractivity contribution in [3.05, 3.63) is 33.9 Å². The average molecular weight is 273 g/mol. The van der Waals surface area contributed by atoms with Gasteiger partial charge in [-0.1, -0.05) is 0 Å². The van der Waals surface area contributed by atoms with Crippen molar-refractivity contribution in [2.45, 2.75) is 6.92 Å². The van der Waals surface area contributed by atoms with Crippen LogP contribution in [0.1, 0.15) is 5.69 Å². The Morgan fingerprint density at radius 2 is 2.00 bits per heavy atom. The third-order valence-electron chi connectivity index (χ3n) is 2.19. The number of anilines is 1. The van der Waals surface area contributed by atoms with Crippen LogP contribution in [0.25, 0.3) is 10.9 Å². The predicted octanol–water partition coefficient (Wildman–Crippen LogP) is 3.17. The lowest BCUT2D eigenvalue weighted by Gasteiger charge is -2.07. The van der Waals surface area contributed by atoms with Crippen molar-refractivity contribution in [1.29, 1.82) is 0 Å². The van der Waals surface area contributed by atoms with E-state index < -0.39 is 11.6 Å². The first-order valence-corrected chi connectivity index (χ1v) is 5.01. The molecule has 2 rings (SSSR count). The smallest absolute Gasteiger partial charge is 0.185 e. The maximum absolute atomic E-state index is 13.4. The normalized spacial score (nSPS) is 10.9. The molecular formula is C10H7BrF2N2. The number of hydrogen-bond acceptors (Lipinski definition) is 2. The van der Waals surface area contributed by atoms with Crippen molar-refractivity contribution in [2.24, 2.45) is 0 Å². The van der Waals surface area contributed by atoms with Gasteiger partial charge >= 0.3 is 0 Å². The first kappa shape index (κ1) is 10.3. The molecule has 1 heterocycles. The summed E-state index contributed by atoms with van der Waals surface area (Å²) in [5.74, 6) is -1.88. The van der Waals surface area contributed by atoms with Crippen LogP contribution in [0.4, 0.5) is 14.5 Å². The van der Waals surface area contributed by atoms with Gasteiger partial charge in [0.15, 0.2) is 11.6 Å². The first-order valence-electron chi connectivity index (χ1n) is 4.21. The summed E-state index contributed by atoms with van der Waals surface area (Å²) < 4.78 is 26.9. The Kier molecular flexibility index (Phi) is 2.34. The fourth-order valence-electron chi connectivity index (χ4n) is 1.40. The minimum absolute atomic E-state index is 0.0341. The molecule has 0 atom stereocenters. The number of aryl methyl sites for hydroxylation is 1. The van der Waals surface area contributed by atoms with Crippen LogP contribution in [-0.2, 0) is 0 Å². The summed E-state index contributed by atoms with van der Waals surface area (Å²) in [5.41, 5.74) is 6.63. The highest BCUT2D eigenvalue weighted by Crippen LogP contribution is 2.31. The van der Waals surface area contributed by atoms with Crippen molar-refractivity contribution in [3.63, 3.8) is 0 Å². The van der Waals surface area contributed by atoms with Gasteiger partial charge in [0.05, 0.1) is 15.9 Å². The third-order valence-corrected chi connectivity index (χ3v) is 3.19. The molecular weight excluding hydrogens is 266 g/mol. The van der Waals surface area contributed by atoms with Crippen molar-refractivity contribution in [2.75, 3.05) is 5.73 Å². The number of rotatable bonds is 0. The van der Waals surface area contributed by atoms with Gasteiger partial charge in [0, 0.05) is 5.39 Å². The van der Waals surface area contributed by atoms with E-state index in [0.29, 0.717) is 21.2 Å². The second-order valence-electron chi connectivity index (χ2n) is 3.18. The number of benzene rings is 1. The molecule has 78 valence electrons. The van der Waals surface area contributed by atoms with E-state index in [1.165, 1.54) is 6.07 Å². The van der Waals surface area contributed by atoms with Crippen LogP contribution in [0.2, 0.25) is 0 Å². The highest BCUT2D eigenvalue weighted by molar-refractivity contribution is 9.10. The first-order chi connectivity index (χ1) is 7.02. The minimum Gasteiger partial charge on any atom is -0.397 e. The summed E-state index contributed by atoms with van der Waals surface area (Å²) >= 11 is 3.24. The maximum Gasteiger partial charge on any atom is 0.185 e. The summed E-state index contributed by atoms with van der Waals surface area (Å²) in [5, 5.41) is 0.409. The van der Waals surface area contributed by atoms with Gasteiger partial charge in [-0.25, -0.2) is 13.8 Å². The summed E-state index contributed by atoms with van der Waals surface area (Å²) in [6, 6.07) is 2.46. The molecule has 2 N–H and O–H groups in total. The number of halogens is 3. The number of nitrogens with two attached hydrogens (primary N) is 1. The molecule has 2 nitrogen and oxygen atoms in total. The summed E-state index contributed by atoms with van der Waals surface area (Å²) in [6.45, 7) is 1.67. The van der Waals surface area contributed by atoms with Crippen LogP contribution in [0.3, 0.4) is 0 Å². The predicted molar refractivity (Wildman–Crippen MR) is 58.5 cm³/mol. The fraction of sp³-hybridized carbons (Fsp3) is 0.100.